The maximum atomic E-state index is 12.0. The molecule has 0 aliphatic rings. The number of benzene rings is 1. The quantitative estimate of drug-likeness (QED) is 0.723. The molecule has 4 heteroatoms. The summed E-state index contributed by atoms with van der Waals surface area (Å²) in [6.07, 6.45) is 2.32. The van der Waals surface area contributed by atoms with Crippen LogP contribution in [0.4, 0.5) is 5.69 Å². The Morgan fingerprint density at radius 2 is 2.05 bits per heavy atom. The van der Waals surface area contributed by atoms with E-state index < -0.39 is 0 Å². The van der Waals surface area contributed by atoms with Crippen molar-refractivity contribution in [1.29, 1.82) is 0 Å². The van der Waals surface area contributed by atoms with Gasteiger partial charge in [-0.25, -0.2) is 0 Å². The summed E-state index contributed by atoms with van der Waals surface area (Å²) in [5.74, 6) is 0.731. The minimum atomic E-state index is 0.105. The Morgan fingerprint density at radius 3 is 2.62 bits per heavy atom. The highest BCUT2D eigenvalue weighted by atomic mass is 16.1. The Balaban J connectivity index is 2.36. The molecular weight excluding hydrogens is 262 g/mol. The first-order chi connectivity index (χ1) is 9.88. The lowest BCUT2D eigenvalue weighted by molar-refractivity contribution is -0.121. The van der Waals surface area contributed by atoms with Gasteiger partial charge in [0.15, 0.2) is 0 Å². The van der Waals surface area contributed by atoms with Crippen molar-refractivity contribution in [1.82, 2.24) is 10.2 Å². The highest BCUT2D eigenvalue weighted by Gasteiger charge is 2.14. The number of nitrogens with zero attached hydrogens (tertiary/aromatic N) is 1. The van der Waals surface area contributed by atoms with Crippen molar-refractivity contribution in [2.75, 3.05) is 26.4 Å². The first-order valence-corrected chi connectivity index (χ1v) is 7.66. The van der Waals surface area contributed by atoms with Crippen LogP contribution in [0.3, 0.4) is 0 Å². The van der Waals surface area contributed by atoms with Crippen molar-refractivity contribution in [3.63, 3.8) is 0 Å². The van der Waals surface area contributed by atoms with E-state index in [4.69, 9.17) is 5.73 Å². The van der Waals surface area contributed by atoms with E-state index in [1.165, 1.54) is 0 Å². The molecule has 1 amide bonds. The summed E-state index contributed by atoms with van der Waals surface area (Å²) in [6.45, 7) is 5.12. The van der Waals surface area contributed by atoms with Crippen LogP contribution in [-0.2, 0) is 11.2 Å². The van der Waals surface area contributed by atoms with Crippen LogP contribution in [0, 0.1) is 5.92 Å². The lowest BCUT2D eigenvalue weighted by atomic mass is 10.0. The van der Waals surface area contributed by atoms with E-state index in [1.807, 2.05) is 24.3 Å². The van der Waals surface area contributed by atoms with Crippen molar-refractivity contribution < 1.29 is 4.79 Å². The fourth-order valence-corrected chi connectivity index (χ4v) is 2.35. The number of hydrogen-bond donors (Lipinski definition) is 2. The topological polar surface area (TPSA) is 58.4 Å². The third-order valence-corrected chi connectivity index (χ3v) is 3.60. The maximum absolute atomic E-state index is 12.0. The maximum Gasteiger partial charge on any atom is 0.220 e. The first kappa shape index (κ1) is 17.5. The zero-order valence-corrected chi connectivity index (χ0v) is 13.7. The fourth-order valence-electron chi connectivity index (χ4n) is 2.35. The third kappa shape index (κ3) is 7.14. The molecule has 1 rings (SSSR count). The lowest BCUT2D eigenvalue weighted by Crippen LogP contribution is -2.41. The molecule has 0 saturated carbocycles. The Hall–Kier alpha value is -1.55. The first-order valence-electron chi connectivity index (χ1n) is 7.66. The van der Waals surface area contributed by atoms with Gasteiger partial charge in [0.25, 0.3) is 0 Å². The molecule has 0 radical (unpaired) electrons. The molecule has 0 saturated heterocycles. The number of amides is 1. The van der Waals surface area contributed by atoms with Gasteiger partial charge in [-0.3, -0.25) is 4.79 Å². The largest absolute Gasteiger partial charge is 0.399 e. The second-order valence-corrected chi connectivity index (χ2v) is 6.30. The number of aryl methyl sites for hydroxylation is 1. The van der Waals surface area contributed by atoms with Crippen LogP contribution in [0.1, 0.15) is 32.3 Å². The summed E-state index contributed by atoms with van der Waals surface area (Å²) in [5, 5.41) is 3.04. The molecule has 0 bridgehead atoms. The van der Waals surface area contributed by atoms with Crippen LogP contribution in [0.15, 0.2) is 24.3 Å². The van der Waals surface area contributed by atoms with Gasteiger partial charge in [-0.2, -0.15) is 0 Å². The fraction of sp³-hybridized carbons (Fsp3) is 0.588. The molecule has 0 fully saturated rings. The van der Waals surface area contributed by atoms with E-state index in [-0.39, 0.29) is 5.91 Å². The van der Waals surface area contributed by atoms with E-state index in [0.717, 1.165) is 24.1 Å². The van der Waals surface area contributed by atoms with Gasteiger partial charge < -0.3 is 16.0 Å². The molecule has 3 N–H and O–H groups in total. The number of nitrogens with two attached hydrogens (primary N) is 1. The van der Waals surface area contributed by atoms with E-state index in [0.29, 0.717) is 24.9 Å². The molecule has 0 aliphatic carbocycles. The molecule has 1 unspecified atom stereocenters. The summed E-state index contributed by atoms with van der Waals surface area (Å²) in [4.78, 5) is 14.1. The van der Waals surface area contributed by atoms with Crippen molar-refractivity contribution in [2.45, 2.75) is 39.2 Å². The lowest BCUT2D eigenvalue weighted by Gasteiger charge is -2.26. The number of rotatable bonds is 8. The van der Waals surface area contributed by atoms with Gasteiger partial charge in [-0.05, 0) is 50.6 Å². The van der Waals surface area contributed by atoms with Crippen molar-refractivity contribution in [2.24, 2.45) is 5.92 Å². The van der Waals surface area contributed by atoms with Crippen LogP contribution < -0.4 is 11.1 Å². The number of nitrogens with one attached hydrogen (secondary N) is 1. The van der Waals surface area contributed by atoms with Gasteiger partial charge in [0, 0.05) is 24.7 Å². The summed E-state index contributed by atoms with van der Waals surface area (Å²) in [5.41, 5.74) is 7.59. The smallest absolute Gasteiger partial charge is 0.220 e. The molecular formula is C17H29N3O. The van der Waals surface area contributed by atoms with E-state index in [2.05, 4.69) is 38.2 Å². The van der Waals surface area contributed by atoms with E-state index in [9.17, 15) is 4.79 Å². The molecule has 21 heavy (non-hydrogen) atoms. The highest BCUT2D eigenvalue weighted by Crippen LogP contribution is 2.10. The van der Waals surface area contributed by atoms with Crippen LogP contribution >= 0.6 is 0 Å². The average Bonchev–Trinajstić information content (AvgIpc) is 2.40. The minimum absolute atomic E-state index is 0.105. The van der Waals surface area contributed by atoms with Crippen molar-refractivity contribution >= 4 is 11.6 Å². The van der Waals surface area contributed by atoms with Crippen LogP contribution in [0.2, 0.25) is 0 Å². The van der Waals surface area contributed by atoms with Gasteiger partial charge in [-0.15, -0.1) is 0 Å². The van der Waals surface area contributed by atoms with Crippen molar-refractivity contribution in [3.05, 3.63) is 29.8 Å². The predicted molar refractivity (Wildman–Crippen MR) is 89.1 cm³/mol. The van der Waals surface area contributed by atoms with Gasteiger partial charge >= 0.3 is 0 Å². The predicted octanol–water partition coefficient (Wildman–Crippen LogP) is 2.29. The number of carbonyl (C=O) groups is 1. The van der Waals surface area contributed by atoms with Gasteiger partial charge in [0.05, 0.1) is 0 Å². The van der Waals surface area contributed by atoms with Gasteiger partial charge in [0.1, 0.15) is 0 Å². The monoisotopic (exact) mass is 291 g/mol. The number of likely N-dealkylation sites (N-methyl/N-ethyl adjacent to an activating group) is 1. The molecule has 1 aromatic carbocycles. The summed E-state index contributed by atoms with van der Waals surface area (Å²) in [7, 11) is 4.12. The Bertz CT molecular complexity index is 443. The molecule has 118 valence electrons. The molecule has 0 heterocycles. The zero-order valence-electron chi connectivity index (χ0n) is 13.7. The Labute approximate surface area is 128 Å². The van der Waals surface area contributed by atoms with Crippen LogP contribution in [0.25, 0.3) is 0 Å². The second kappa shape index (κ2) is 8.67. The van der Waals surface area contributed by atoms with E-state index in [1.54, 1.807) is 0 Å². The second-order valence-electron chi connectivity index (χ2n) is 6.30. The zero-order chi connectivity index (χ0) is 15.8. The number of hydrogen-bond acceptors (Lipinski definition) is 3. The third-order valence-electron chi connectivity index (χ3n) is 3.60. The number of anilines is 1. The van der Waals surface area contributed by atoms with Gasteiger partial charge in [-0.1, -0.05) is 26.0 Å². The van der Waals surface area contributed by atoms with Crippen molar-refractivity contribution in [3.8, 4) is 0 Å². The van der Waals surface area contributed by atoms with Crippen LogP contribution in [0.5, 0.6) is 0 Å². The number of carbonyl (C=O) groups excluding carboxylic acids is 1. The minimum Gasteiger partial charge on any atom is -0.399 e. The highest BCUT2D eigenvalue weighted by molar-refractivity contribution is 5.76. The van der Waals surface area contributed by atoms with E-state index >= 15 is 0 Å². The molecule has 0 aliphatic heterocycles. The normalized spacial score (nSPS) is 12.7. The SMILES string of the molecule is CC(C)CC(CNC(=O)CCc1cccc(N)c1)N(C)C. The van der Waals surface area contributed by atoms with Gasteiger partial charge in [0.2, 0.25) is 5.91 Å². The molecule has 0 aromatic heterocycles. The molecule has 1 aromatic rings. The summed E-state index contributed by atoms with van der Waals surface area (Å²) >= 11 is 0. The summed E-state index contributed by atoms with van der Waals surface area (Å²) in [6, 6.07) is 8.10. The number of nitrogen functional groups attached to an aromatic ring is 1. The standard InChI is InChI=1S/C17H29N3O/c1-13(2)10-16(20(3)4)12-19-17(21)9-8-14-6-5-7-15(18)11-14/h5-7,11,13,16H,8-10,12,18H2,1-4H3,(H,19,21). The van der Waals surface area contributed by atoms with Crippen LogP contribution in [-0.4, -0.2) is 37.5 Å². The molecule has 0 spiro atoms. The summed E-state index contributed by atoms with van der Waals surface area (Å²) < 4.78 is 0. The Kier molecular flexibility index (Phi) is 7.23. The average molecular weight is 291 g/mol. The molecule has 4 nitrogen and oxygen atoms in total. The Morgan fingerprint density at radius 1 is 1.33 bits per heavy atom. The molecule has 1 atom stereocenters.